The topological polar surface area (TPSA) is 91.1 Å². The zero-order chi connectivity index (χ0) is 18.3. The zero-order valence-electron chi connectivity index (χ0n) is 13.6. The van der Waals surface area contributed by atoms with Crippen LogP contribution in [0.5, 0.6) is 0 Å². The molecule has 1 fully saturated rings. The smallest absolute Gasteiger partial charge is 0.272 e. The van der Waals surface area contributed by atoms with E-state index in [1.165, 1.54) is 12.1 Å². The Kier molecular flexibility index (Phi) is 4.22. The summed E-state index contributed by atoms with van der Waals surface area (Å²) < 4.78 is 27.2. The van der Waals surface area contributed by atoms with Crippen molar-refractivity contribution in [2.75, 3.05) is 5.32 Å². The summed E-state index contributed by atoms with van der Waals surface area (Å²) in [6.07, 6.45) is 1.72. The molecule has 6 nitrogen and oxygen atoms in total. The van der Waals surface area contributed by atoms with E-state index in [1.807, 2.05) is 0 Å². The van der Waals surface area contributed by atoms with E-state index >= 15 is 0 Å². The second kappa shape index (κ2) is 6.42. The van der Waals surface area contributed by atoms with Gasteiger partial charge in [-0.1, -0.05) is 17.7 Å². The molecule has 1 heterocycles. The number of halogens is 1. The standard InChI is InChI=1S/C18H16ClN3O3S/c19-12-4-7-16-11(8-12)9-17(21-16)18(23)20-14-2-1-3-15(10-14)26(24,25)22-13-5-6-13/h1-4,7-10,13,21-22H,5-6H2,(H,20,23). The SMILES string of the molecule is O=C(Nc1cccc(S(=O)(=O)NC2CC2)c1)c1cc2cc(Cl)ccc2[nH]1. The predicted octanol–water partition coefficient (Wildman–Crippen LogP) is 3.51. The molecule has 0 unspecified atom stereocenters. The Morgan fingerprint density at radius 3 is 2.69 bits per heavy atom. The fraction of sp³-hybridized carbons (Fsp3) is 0.167. The van der Waals surface area contributed by atoms with Gasteiger partial charge in [-0.25, -0.2) is 13.1 Å². The molecule has 0 aliphatic heterocycles. The lowest BCUT2D eigenvalue weighted by atomic mass is 10.2. The Labute approximate surface area is 155 Å². The Balaban J connectivity index is 1.56. The molecule has 0 radical (unpaired) electrons. The van der Waals surface area contributed by atoms with Crippen LogP contribution in [-0.2, 0) is 10.0 Å². The minimum atomic E-state index is -3.57. The van der Waals surface area contributed by atoms with Crippen molar-refractivity contribution in [2.24, 2.45) is 0 Å². The highest BCUT2D eigenvalue weighted by Crippen LogP contribution is 2.24. The molecule has 1 amide bonds. The minimum Gasteiger partial charge on any atom is -0.351 e. The van der Waals surface area contributed by atoms with E-state index in [9.17, 15) is 13.2 Å². The maximum Gasteiger partial charge on any atom is 0.272 e. The number of rotatable bonds is 5. The van der Waals surface area contributed by atoms with Gasteiger partial charge in [-0.15, -0.1) is 0 Å². The number of hydrogen-bond donors (Lipinski definition) is 3. The third kappa shape index (κ3) is 3.60. The van der Waals surface area contributed by atoms with Crippen LogP contribution in [0.3, 0.4) is 0 Å². The molecular formula is C18H16ClN3O3S. The number of sulfonamides is 1. The minimum absolute atomic E-state index is 0.0245. The quantitative estimate of drug-likeness (QED) is 0.623. The Morgan fingerprint density at radius 1 is 1.12 bits per heavy atom. The van der Waals surface area contributed by atoms with Crippen molar-refractivity contribution < 1.29 is 13.2 Å². The van der Waals surface area contributed by atoms with Crippen LogP contribution in [0.1, 0.15) is 23.3 Å². The normalized spacial score (nSPS) is 14.5. The lowest BCUT2D eigenvalue weighted by Gasteiger charge is -2.08. The molecule has 134 valence electrons. The van der Waals surface area contributed by atoms with E-state index < -0.39 is 10.0 Å². The van der Waals surface area contributed by atoms with Crippen LogP contribution < -0.4 is 10.0 Å². The molecule has 0 atom stereocenters. The number of carbonyl (C=O) groups is 1. The van der Waals surface area contributed by atoms with Gasteiger partial charge in [-0.2, -0.15) is 0 Å². The molecule has 1 aromatic heterocycles. The van der Waals surface area contributed by atoms with Crippen LogP contribution in [0.2, 0.25) is 5.02 Å². The summed E-state index contributed by atoms with van der Waals surface area (Å²) in [7, 11) is -3.57. The van der Waals surface area contributed by atoms with Gasteiger partial charge in [0.05, 0.1) is 4.90 Å². The Hall–Kier alpha value is -2.35. The van der Waals surface area contributed by atoms with Gasteiger partial charge in [0.25, 0.3) is 5.91 Å². The zero-order valence-corrected chi connectivity index (χ0v) is 15.2. The highest BCUT2D eigenvalue weighted by molar-refractivity contribution is 7.89. The van der Waals surface area contributed by atoms with E-state index in [4.69, 9.17) is 11.6 Å². The fourth-order valence-electron chi connectivity index (χ4n) is 2.65. The Bertz CT molecular complexity index is 1100. The molecular weight excluding hydrogens is 374 g/mol. The van der Waals surface area contributed by atoms with Crippen molar-refractivity contribution in [1.29, 1.82) is 0 Å². The number of carbonyl (C=O) groups excluding carboxylic acids is 1. The first-order valence-corrected chi connectivity index (χ1v) is 9.99. The van der Waals surface area contributed by atoms with E-state index in [0.29, 0.717) is 16.4 Å². The lowest BCUT2D eigenvalue weighted by molar-refractivity contribution is 0.102. The second-order valence-corrected chi connectivity index (χ2v) is 8.44. The molecule has 0 saturated heterocycles. The average Bonchev–Trinajstić information content (AvgIpc) is 3.29. The third-order valence-corrected chi connectivity index (χ3v) is 5.88. The summed E-state index contributed by atoms with van der Waals surface area (Å²) >= 11 is 5.96. The van der Waals surface area contributed by atoms with Crippen molar-refractivity contribution in [3.05, 3.63) is 59.2 Å². The van der Waals surface area contributed by atoms with Crippen LogP contribution in [0.15, 0.2) is 53.4 Å². The highest BCUT2D eigenvalue weighted by Gasteiger charge is 2.28. The van der Waals surface area contributed by atoms with Crippen LogP contribution in [-0.4, -0.2) is 25.4 Å². The number of amides is 1. The number of aromatic nitrogens is 1. The largest absolute Gasteiger partial charge is 0.351 e. The number of nitrogens with one attached hydrogen (secondary N) is 3. The summed E-state index contributed by atoms with van der Waals surface area (Å²) in [6.45, 7) is 0. The summed E-state index contributed by atoms with van der Waals surface area (Å²) in [5.74, 6) is -0.359. The van der Waals surface area contributed by atoms with Gasteiger partial charge in [0.1, 0.15) is 5.69 Å². The van der Waals surface area contributed by atoms with Crippen molar-refractivity contribution in [2.45, 2.75) is 23.8 Å². The van der Waals surface area contributed by atoms with Crippen molar-refractivity contribution >= 4 is 44.1 Å². The molecule has 1 aliphatic carbocycles. The monoisotopic (exact) mass is 389 g/mol. The summed E-state index contributed by atoms with van der Waals surface area (Å²) in [4.78, 5) is 15.6. The van der Waals surface area contributed by atoms with Crippen molar-refractivity contribution in [3.8, 4) is 0 Å². The number of aromatic amines is 1. The first-order chi connectivity index (χ1) is 12.4. The first kappa shape index (κ1) is 17.1. The third-order valence-electron chi connectivity index (χ3n) is 4.13. The molecule has 3 N–H and O–H groups in total. The van der Waals surface area contributed by atoms with E-state index in [0.717, 1.165) is 23.7 Å². The van der Waals surface area contributed by atoms with Gasteiger partial charge in [0, 0.05) is 27.7 Å². The van der Waals surface area contributed by atoms with Gasteiger partial charge >= 0.3 is 0 Å². The van der Waals surface area contributed by atoms with E-state index in [2.05, 4.69) is 15.0 Å². The first-order valence-electron chi connectivity index (χ1n) is 8.13. The number of H-pyrrole nitrogens is 1. The maximum absolute atomic E-state index is 12.5. The molecule has 0 spiro atoms. The summed E-state index contributed by atoms with van der Waals surface area (Å²) in [5.41, 5.74) is 1.57. The van der Waals surface area contributed by atoms with Gasteiger partial charge in [0.15, 0.2) is 0 Å². The van der Waals surface area contributed by atoms with Gasteiger partial charge in [0.2, 0.25) is 10.0 Å². The lowest BCUT2D eigenvalue weighted by Crippen LogP contribution is -2.25. The number of anilines is 1. The maximum atomic E-state index is 12.5. The van der Waals surface area contributed by atoms with Crippen LogP contribution in [0.4, 0.5) is 5.69 Å². The van der Waals surface area contributed by atoms with Gasteiger partial charge < -0.3 is 10.3 Å². The van der Waals surface area contributed by atoms with Crippen LogP contribution in [0, 0.1) is 0 Å². The second-order valence-electron chi connectivity index (χ2n) is 6.29. The number of fused-ring (bicyclic) bond motifs is 1. The predicted molar refractivity (Wildman–Crippen MR) is 101 cm³/mol. The Morgan fingerprint density at radius 2 is 1.92 bits per heavy atom. The number of benzene rings is 2. The molecule has 0 bridgehead atoms. The fourth-order valence-corrected chi connectivity index (χ4v) is 4.18. The molecule has 4 rings (SSSR count). The summed E-state index contributed by atoms with van der Waals surface area (Å²) in [6, 6.07) is 13.2. The molecule has 8 heteroatoms. The molecule has 2 aromatic carbocycles. The van der Waals surface area contributed by atoms with Crippen molar-refractivity contribution in [3.63, 3.8) is 0 Å². The van der Waals surface area contributed by atoms with E-state index in [-0.39, 0.29) is 16.8 Å². The van der Waals surface area contributed by atoms with Crippen molar-refractivity contribution in [1.82, 2.24) is 9.71 Å². The summed E-state index contributed by atoms with van der Waals surface area (Å²) in [5, 5.41) is 4.13. The number of hydrogen-bond acceptors (Lipinski definition) is 3. The molecule has 1 aliphatic rings. The van der Waals surface area contributed by atoms with Gasteiger partial charge in [-0.3, -0.25) is 4.79 Å². The van der Waals surface area contributed by atoms with Crippen LogP contribution in [0.25, 0.3) is 10.9 Å². The van der Waals surface area contributed by atoms with E-state index in [1.54, 1.807) is 36.4 Å². The molecule has 1 saturated carbocycles. The highest BCUT2D eigenvalue weighted by atomic mass is 35.5. The molecule has 26 heavy (non-hydrogen) atoms. The average molecular weight is 390 g/mol. The molecule has 3 aromatic rings. The van der Waals surface area contributed by atoms with Gasteiger partial charge in [-0.05, 0) is 55.3 Å². The van der Waals surface area contributed by atoms with Crippen LogP contribution >= 0.6 is 11.6 Å².